The first-order valence-corrected chi connectivity index (χ1v) is 6.29. The Labute approximate surface area is 97.4 Å². The van der Waals surface area contributed by atoms with Gasteiger partial charge in [0.15, 0.2) is 0 Å². The number of carbonyl (C=O) groups excluding carboxylic acids is 1. The third kappa shape index (κ3) is 3.76. The van der Waals surface area contributed by atoms with Crippen LogP contribution in [0.15, 0.2) is 0 Å². The second kappa shape index (κ2) is 6.86. The van der Waals surface area contributed by atoms with E-state index in [9.17, 15) is 9.90 Å². The average molecular weight is 229 g/mol. The van der Waals surface area contributed by atoms with Gasteiger partial charge < -0.3 is 9.84 Å². The van der Waals surface area contributed by atoms with Crippen LogP contribution in [0.4, 0.5) is 0 Å². The molecule has 16 heavy (non-hydrogen) atoms. The van der Waals surface area contributed by atoms with Crippen LogP contribution < -0.4 is 5.32 Å². The Morgan fingerprint density at radius 3 is 2.69 bits per heavy atom. The number of rotatable bonds is 5. The molecule has 4 heteroatoms. The molecule has 1 aliphatic rings. The summed E-state index contributed by atoms with van der Waals surface area (Å²) in [6.07, 6.45) is 4.34. The van der Waals surface area contributed by atoms with Gasteiger partial charge in [-0.2, -0.15) is 0 Å². The van der Waals surface area contributed by atoms with E-state index in [2.05, 4.69) is 5.32 Å². The van der Waals surface area contributed by atoms with Crippen LogP contribution in [0.25, 0.3) is 0 Å². The van der Waals surface area contributed by atoms with E-state index in [4.69, 9.17) is 4.74 Å². The van der Waals surface area contributed by atoms with Crippen molar-refractivity contribution in [2.45, 2.75) is 64.1 Å². The summed E-state index contributed by atoms with van der Waals surface area (Å²) >= 11 is 0. The number of hydrogen-bond acceptors (Lipinski definition) is 4. The summed E-state index contributed by atoms with van der Waals surface area (Å²) in [6.45, 7) is 4.16. The maximum atomic E-state index is 11.6. The van der Waals surface area contributed by atoms with Crippen LogP contribution in [0.3, 0.4) is 0 Å². The lowest BCUT2D eigenvalue weighted by molar-refractivity contribution is -0.146. The zero-order valence-corrected chi connectivity index (χ0v) is 10.2. The van der Waals surface area contributed by atoms with Crippen molar-refractivity contribution >= 4 is 5.97 Å². The van der Waals surface area contributed by atoms with Crippen molar-refractivity contribution in [2.75, 3.05) is 6.61 Å². The number of aliphatic hydroxyl groups is 1. The van der Waals surface area contributed by atoms with E-state index < -0.39 is 0 Å². The Kier molecular flexibility index (Phi) is 5.77. The molecule has 0 aromatic heterocycles. The first-order valence-electron chi connectivity index (χ1n) is 6.29. The smallest absolute Gasteiger partial charge is 0.323 e. The van der Waals surface area contributed by atoms with Crippen molar-refractivity contribution in [3.05, 3.63) is 0 Å². The van der Waals surface area contributed by atoms with E-state index in [-0.39, 0.29) is 24.2 Å². The van der Waals surface area contributed by atoms with Gasteiger partial charge in [0.1, 0.15) is 6.04 Å². The molecular weight excluding hydrogens is 206 g/mol. The lowest BCUT2D eigenvalue weighted by Crippen LogP contribution is -2.50. The maximum Gasteiger partial charge on any atom is 0.323 e. The SMILES string of the molecule is CCOC(=O)C(CC)NC1CCCCC1O. The lowest BCUT2D eigenvalue weighted by Gasteiger charge is -2.31. The molecule has 0 radical (unpaired) electrons. The fraction of sp³-hybridized carbons (Fsp3) is 0.917. The number of carbonyl (C=O) groups is 1. The van der Waals surface area contributed by atoms with Crippen LogP contribution in [0.5, 0.6) is 0 Å². The first-order chi connectivity index (χ1) is 7.69. The highest BCUT2D eigenvalue weighted by Gasteiger charge is 2.27. The van der Waals surface area contributed by atoms with Gasteiger partial charge in [0.2, 0.25) is 0 Å². The van der Waals surface area contributed by atoms with Crippen molar-refractivity contribution in [3.8, 4) is 0 Å². The molecule has 0 spiro atoms. The molecule has 1 aliphatic carbocycles. The summed E-state index contributed by atoms with van der Waals surface area (Å²) in [7, 11) is 0. The number of esters is 1. The summed E-state index contributed by atoms with van der Waals surface area (Å²) in [5.41, 5.74) is 0. The molecule has 0 amide bonds. The molecule has 1 saturated carbocycles. The highest BCUT2D eigenvalue weighted by molar-refractivity contribution is 5.75. The van der Waals surface area contributed by atoms with Crippen LogP contribution in [-0.4, -0.2) is 35.9 Å². The Bertz CT molecular complexity index is 220. The quantitative estimate of drug-likeness (QED) is 0.696. The van der Waals surface area contributed by atoms with Crippen LogP contribution >= 0.6 is 0 Å². The molecule has 94 valence electrons. The lowest BCUT2D eigenvalue weighted by atomic mass is 9.92. The number of hydrogen-bond donors (Lipinski definition) is 2. The Morgan fingerprint density at radius 1 is 1.44 bits per heavy atom. The summed E-state index contributed by atoms with van der Waals surface area (Å²) in [6, 6.07) is -0.235. The standard InChI is InChI=1S/C12H23NO3/c1-3-9(12(15)16-4-2)13-10-7-5-6-8-11(10)14/h9-11,13-14H,3-8H2,1-2H3. The summed E-state index contributed by atoms with van der Waals surface area (Å²) < 4.78 is 4.99. The van der Waals surface area contributed by atoms with Gasteiger partial charge in [0, 0.05) is 6.04 Å². The van der Waals surface area contributed by atoms with Crippen molar-refractivity contribution in [3.63, 3.8) is 0 Å². The maximum absolute atomic E-state index is 11.6. The highest BCUT2D eigenvalue weighted by atomic mass is 16.5. The molecule has 1 fully saturated rings. The van der Waals surface area contributed by atoms with E-state index in [1.54, 1.807) is 6.92 Å². The van der Waals surface area contributed by atoms with Gasteiger partial charge in [0.05, 0.1) is 12.7 Å². The van der Waals surface area contributed by atoms with Crippen LogP contribution in [0.1, 0.15) is 46.0 Å². The predicted octanol–water partition coefficient (Wildman–Crippen LogP) is 1.22. The van der Waals surface area contributed by atoms with E-state index in [0.29, 0.717) is 13.0 Å². The highest BCUT2D eigenvalue weighted by Crippen LogP contribution is 2.19. The van der Waals surface area contributed by atoms with Gasteiger partial charge in [-0.1, -0.05) is 19.8 Å². The summed E-state index contributed by atoms with van der Waals surface area (Å²) in [4.78, 5) is 11.6. The number of aliphatic hydroxyl groups excluding tert-OH is 1. The zero-order valence-electron chi connectivity index (χ0n) is 10.2. The predicted molar refractivity (Wildman–Crippen MR) is 62.1 cm³/mol. The molecule has 3 unspecified atom stereocenters. The van der Waals surface area contributed by atoms with Gasteiger partial charge >= 0.3 is 5.97 Å². The topological polar surface area (TPSA) is 58.6 Å². The normalized spacial score (nSPS) is 27.4. The van der Waals surface area contributed by atoms with Gasteiger partial charge in [-0.3, -0.25) is 10.1 Å². The fourth-order valence-corrected chi connectivity index (χ4v) is 2.16. The molecule has 0 bridgehead atoms. The van der Waals surface area contributed by atoms with Crippen molar-refractivity contribution in [2.24, 2.45) is 0 Å². The van der Waals surface area contributed by atoms with Gasteiger partial charge in [-0.05, 0) is 26.2 Å². The third-order valence-corrected chi connectivity index (χ3v) is 3.12. The van der Waals surface area contributed by atoms with Crippen LogP contribution in [0.2, 0.25) is 0 Å². The van der Waals surface area contributed by atoms with Crippen LogP contribution in [-0.2, 0) is 9.53 Å². The molecule has 0 heterocycles. The van der Waals surface area contributed by atoms with E-state index in [1.165, 1.54) is 0 Å². The van der Waals surface area contributed by atoms with E-state index in [1.807, 2.05) is 6.92 Å². The Morgan fingerprint density at radius 2 is 2.12 bits per heavy atom. The second-order valence-corrected chi connectivity index (χ2v) is 4.34. The molecule has 1 rings (SSSR count). The minimum Gasteiger partial charge on any atom is -0.465 e. The molecule has 4 nitrogen and oxygen atoms in total. The average Bonchev–Trinajstić information content (AvgIpc) is 2.28. The minimum atomic E-state index is -0.322. The van der Waals surface area contributed by atoms with Gasteiger partial charge in [-0.25, -0.2) is 0 Å². The molecule has 2 N–H and O–H groups in total. The monoisotopic (exact) mass is 229 g/mol. The fourth-order valence-electron chi connectivity index (χ4n) is 2.16. The summed E-state index contributed by atoms with van der Waals surface area (Å²) in [5, 5.41) is 13.0. The first kappa shape index (κ1) is 13.5. The van der Waals surface area contributed by atoms with Crippen LogP contribution in [0, 0.1) is 0 Å². The van der Waals surface area contributed by atoms with E-state index >= 15 is 0 Å². The van der Waals surface area contributed by atoms with Gasteiger partial charge in [-0.15, -0.1) is 0 Å². The van der Waals surface area contributed by atoms with Crippen molar-refractivity contribution < 1.29 is 14.6 Å². The molecular formula is C12H23NO3. The molecule has 0 aliphatic heterocycles. The van der Waals surface area contributed by atoms with Gasteiger partial charge in [0.25, 0.3) is 0 Å². The third-order valence-electron chi connectivity index (χ3n) is 3.12. The number of nitrogens with one attached hydrogen (secondary N) is 1. The second-order valence-electron chi connectivity index (χ2n) is 4.34. The molecule has 0 saturated heterocycles. The van der Waals surface area contributed by atoms with Crippen molar-refractivity contribution in [1.82, 2.24) is 5.32 Å². The van der Waals surface area contributed by atoms with E-state index in [0.717, 1.165) is 25.7 Å². The Balaban J connectivity index is 2.44. The molecule has 0 aromatic rings. The number of ether oxygens (including phenoxy) is 1. The minimum absolute atomic E-state index is 0.0445. The zero-order chi connectivity index (χ0) is 12.0. The molecule has 0 aromatic carbocycles. The molecule has 3 atom stereocenters. The van der Waals surface area contributed by atoms with Crippen molar-refractivity contribution in [1.29, 1.82) is 0 Å². The largest absolute Gasteiger partial charge is 0.465 e. The Hall–Kier alpha value is -0.610. The summed E-state index contributed by atoms with van der Waals surface area (Å²) in [5.74, 6) is -0.206.